The highest BCUT2D eigenvalue weighted by Crippen LogP contribution is 2.02. The molecule has 0 radical (unpaired) electrons. The summed E-state index contributed by atoms with van der Waals surface area (Å²) >= 11 is 0. The second kappa shape index (κ2) is 4.44. The zero-order valence-electron chi connectivity index (χ0n) is 6.07. The second-order valence-electron chi connectivity index (χ2n) is 2.38. The van der Waals surface area contributed by atoms with Crippen molar-refractivity contribution >= 4 is 0 Å². The zero-order chi connectivity index (χ0) is 8.15. The topological polar surface area (TPSA) is 60.7 Å². The molecule has 0 saturated heterocycles. The SMILES string of the molecule is C=C[C@H](O)[C@@H](O)C[C@@H](C)O. The van der Waals surface area contributed by atoms with Gasteiger partial charge >= 0.3 is 0 Å². The van der Waals surface area contributed by atoms with Crippen LogP contribution in [0.3, 0.4) is 0 Å². The molecule has 60 valence electrons. The normalized spacial score (nSPS) is 19.6. The molecule has 0 aromatic heterocycles. The van der Waals surface area contributed by atoms with Gasteiger partial charge in [0.1, 0.15) is 0 Å². The molecule has 0 unspecified atom stereocenters. The molecule has 0 rings (SSSR count). The van der Waals surface area contributed by atoms with Crippen LogP contribution < -0.4 is 0 Å². The van der Waals surface area contributed by atoms with Gasteiger partial charge in [-0.3, -0.25) is 0 Å². The van der Waals surface area contributed by atoms with E-state index in [4.69, 9.17) is 15.3 Å². The van der Waals surface area contributed by atoms with E-state index in [1.54, 1.807) is 6.92 Å². The standard InChI is InChI=1S/C7H14O3/c1-3-6(9)7(10)4-5(2)8/h3,5-10H,1,4H2,2H3/t5-,6+,7+/m1/s1. The van der Waals surface area contributed by atoms with Gasteiger partial charge in [0.05, 0.1) is 18.3 Å². The highest BCUT2D eigenvalue weighted by Gasteiger charge is 2.14. The molecule has 3 heteroatoms. The highest BCUT2D eigenvalue weighted by molar-refractivity contribution is 4.84. The molecule has 3 nitrogen and oxygen atoms in total. The van der Waals surface area contributed by atoms with Gasteiger partial charge in [0.15, 0.2) is 0 Å². The Morgan fingerprint density at radius 2 is 1.90 bits per heavy atom. The molecule has 0 bridgehead atoms. The van der Waals surface area contributed by atoms with Crippen LogP contribution in [0, 0.1) is 0 Å². The maximum Gasteiger partial charge on any atom is 0.0978 e. The van der Waals surface area contributed by atoms with E-state index in [9.17, 15) is 0 Å². The third kappa shape index (κ3) is 3.61. The average Bonchev–Trinajstić information content (AvgIpc) is 1.85. The van der Waals surface area contributed by atoms with Crippen molar-refractivity contribution in [3.63, 3.8) is 0 Å². The molecule has 0 aromatic rings. The first-order valence-corrected chi connectivity index (χ1v) is 3.24. The van der Waals surface area contributed by atoms with Crippen molar-refractivity contribution < 1.29 is 15.3 Å². The molecule has 0 spiro atoms. The minimum atomic E-state index is -0.936. The predicted molar refractivity (Wildman–Crippen MR) is 38.5 cm³/mol. The minimum Gasteiger partial charge on any atom is -0.393 e. The Kier molecular flexibility index (Phi) is 4.27. The van der Waals surface area contributed by atoms with Gasteiger partial charge in [0.25, 0.3) is 0 Å². The molecule has 0 amide bonds. The van der Waals surface area contributed by atoms with Crippen LogP contribution in [0.5, 0.6) is 0 Å². The molecular weight excluding hydrogens is 132 g/mol. The van der Waals surface area contributed by atoms with Crippen LogP contribution in [-0.4, -0.2) is 33.6 Å². The molecule has 0 aliphatic heterocycles. The fraction of sp³-hybridized carbons (Fsp3) is 0.714. The molecule has 0 aliphatic carbocycles. The number of hydrogen-bond acceptors (Lipinski definition) is 3. The van der Waals surface area contributed by atoms with E-state index in [-0.39, 0.29) is 6.42 Å². The summed E-state index contributed by atoms with van der Waals surface area (Å²) in [5, 5.41) is 26.7. The van der Waals surface area contributed by atoms with Gasteiger partial charge in [-0.15, -0.1) is 6.58 Å². The van der Waals surface area contributed by atoms with Gasteiger partial charge in [-0.1, -0.05) is 6.08 Å². The minimum absolute atomic E-state index is 0.174. The fourth-order valence-electron chi connectivity index (χ4n) is 0.646. The average molecular weight is 146 g/mol. The van der Waals surface area contributed by atoms with Gasteiger partial charge in [0, 0.05) is 6.42 Å². The zero-order valence-corrected chi connectivity index (χ0v) is 6.07. The Morgan fingerprint density at radius 3 is 2.20 bits per heavy atom. The maximum atomic E-state index is 9.01. The lowest BCUT2D eigenvalue weighted by molar-refractivity contribution is 0.0144. The van der Waals surface area contributed by atoms with Crippen molar-refractivity contribution in [2.24, 2.45) is 0 Å². The summed E-state index contributed by atoms with van der Waals surface area (Å²) < 4.78 is 0. The molecule has 0 heterocycles. The molecule has 10 heavy (non-hydrogen) atoms. The summed E-state index contributed by atoms with van der Waals surface area (Å²) in [5.74, 6) is 0. The summed E-state index contributed by atoms with van der Waals surface area (Å²) in [6.07, 6.45) is -1.02. The first kappa shape index (κ1) is 9.62. The van der Waals surface area contributed by atoms with Crippen molar-refractivity contribution in [3.05, 3.63) is 12.7 Å². The smallest absolute Gasteiger partial charge is 0.0978 e. The van der Waals surface area contributed by atoms with Crippen LogP contribution in [0.2, 0.25) is 0 Å². The van der Waals surface area contributed by atoms with Crippen molar-refractivity contribution in [3.8, 4) is 0 Å². The molecule has 3 N–H and O–H groups in total. The van der Waals surface area contributed by atoms with Crippen LogP contribution in [0.1, 0.15) is 13.3 Å². The van der Waals surface area contributed by atoms with E-state index in [1.807, 2.05) is 0 Å². The van der Waals surface area contributed by atoms with E-state index in [0.29, 0.717) is 0 Å². The molecular formula is C7H14O3. The molecule has 0 fully saturated rings. The fourth-order valence-corrected chi connectivity index (χ4v) is 0.646. The molecule has 0 aliphatic rings. The second-order valence-corrected chi connectivity index (χ2v) is 2.38. The summed E-state index contributed by atoms with van der Waals surface area (Å²) in [6.45, 7) is 4.85. The van der Waals surface area contributed by atoms with E-state index < -0.39 is 18.3 Å². The van der Waals surface area contributed by atoms with Gasteiger partial charge in [-0.25, -0.2) is 0 Å². The number of hydrogen-bond donors (Lipinski definition) is 3. The largest absolute Gasteiger partial charge is 0.393 e. The summed E-state index contributed by atoms with van der Waals surface area (Å²) in [7, 11) is 0. The Labute approximate surface area is 60.6 Å². The first-order valence-electron chi connectivity index (χ1n) is 3.24. The Balaban J connectivity index is 3.60. The van der Waals surface area contributed by atoms with Gasteiger partial charge in [-0.05, 0) is 6.92 Å². The third-order valence-corrected chi connectivity index (χ3v) is 1.22. The number of aliphatic hydroxyl groups is 3. The van der Waals surface area contributed by atoms with Gasteiger partial charge in [0.2, 0.25) is 0 Å². The molecule has 3 atom stereocenters. The van der Waals surface area contributed by atoms with Crippen LogP contribution in [0.4, 0.5) is 0 Å². The Bertz CT molecular complexity index is 101. The third-order valence-electron chi connectivity index (χ3n) is 1.22. The van der Waals surface area contributed by atoms with Crippen molar-refractivity contribution in [1.82, 2.24) is 0 Å². The summed E-state index contributed by atoms with van der Waals surface area (Å²) in [5.41, 5.74) is 0. The quantitative estimate of drug-likeness (QED) is 0.476. The number of aliphatic hydroxyl groups excluding tert-OH is 3. The van der Waals surface area contributed by atoms with E-state index in [0.717, 1.165) is 0 Å². The lowest BCUT2D eigenvalue weighted by atomic mass is 10.1. The van der Waals surface area contributed by atoms with Crippen molar-refractivity contribution in [1.29, 1.82) is 0 Å². The van der Waals surface area contributed by atoms with Crippen molar-refractivity contribution in [2.45, 2.75) is 31.7 Å². The number of rotatable bonds is 4. The van der Waals surface area contributed by atoms with Crippen LogP contribution in [0.25, 0.3) is 0 Å². The lowest BCUT2D eigenvalue weighted by Gasteiger charge is -2.15. The van der Waals surface area contributed by atoms with E-state index in [1.165, 1.54) is 6.08 Å². The highest BCUT2D eigenvalue weighted by atomic mass is 16.3. The Morgan fingerprint density at radius 1 is 1.40 bits per heavy atom. The predicted octanol–water partition coefficient (Wildman–Crippen LogP) is -0.335. The monoisotopic (exact) mass is 146 g/mol. The lowest BCUT2D eigenvalue weighted by Crippen LogP contribution is -2.27. The molecule has 0 aromatic carbocycles. The van der Waals surface area contributed by atoms with Crippen molar-refractivity contribution in [2.75, 3.05) is 0 Å². The van der Waals surface area contributed by atoms with Crippen LogP contribution in [0.15, 0.2) is 12.7 Å². The van der Waals surface area contributed by atoms with E-state index >= 15 is 0 Å². The van der Waals surface area contributed by atoms with E-state index in [2.05, 4.69) is 6.58 Å². The van der Waals surface area contributed by atoms with Crippen LogP contribution >= 0.6 is 0 Å². The molecule has 0 saturated carbocycles. The van der Waals surface area contributed by atoms with Gasteiger partial charge in [-0.2, -0.15) is 0 Å². The Hall–Kier alpha value is -0.380. The first-order chi connectivity index (χ1) is 4.57. The maximum absolute atomic E-state index is 9.01. The summed E-state index contributed by atoms with van der Waals surface area (Å²) in [4.78, 5) is 0. The summed E-state index contributed by atoms with van der Waals surface area (Å²) in [6, 6.07) is 0. The van der Waals surface area contributed by atoms with Crippen LogP contribution in [-0.2, 0) is 0 Å². The van der Waals surface area contributed by atoms with Gasteiger partial charge < -0.3 is 15.3 Å².